The molecule has 0 spiro atoms. The van der Waals surface area contributed by atoms with Crippen LogP contribution in [0.3, 0.4) is 0 Å². The van der Waals surface area contributed by atoms with Crippen molar-refractivity contribution in [1.82, 2.24) is 15.0 Å². The van der Waals surface area contributed by atoms with Gasteiger partial charge in [-0.25, -0.2) is 10.4 Å². The number of aromatic nitrogens is 2. The molecule has 176 valence electrons. The minimum absolute atomic E-state index is 0.0263. The van der Waals surface area contributed by atoms with Crippen LogP contribution in [-0.4, -0.2) is 27.4 Å². The number of carbonyl (C=O) groups excluding carboxylic acids is 1. The Morgan fingerprint density at radius 2 is 1.70 bits per heavy atom. The average molecular weight is 465 g/mol. The van der Waals surface area contributed by atoms with E-state index in [2.05, 4.69) is 93.7 Å². The molecule has 5 nitrogen and oxygen atoms in total. The molecule has 2 aromatic carbocycles. The Hall–Kier alpha value is -2.60. The highest BCUT2D eigenvalue weighted by molar-refractivity contribution is 7.99. The summed E-state index contributed by atoms with van der Waals surface area (Å²) < 4.78 is 2.13. The summed E-state index contributed by atoms with van der Waals surface area (Å²) in [6.45, 7) is 18.5. The number of hydrogen-bond acceptors (Lipinski definition) is 4. The Labute approximate surface area is 202 Å². The van der Waals surface area contributed by atoms with E-state index in [4.69, 9.17) is 0 Å². The summed E-state index contributed by atoms with van der Waals surface area (Å²) in [5.41, 5.74) is 9.69. The molecule has 1 heterocycles. The molecule has 3 rings (SSSR count). The van der Waals surface area contributed by atoms with E-state index in [0.29, 0.717) is 0 Å². The quantitative estimate of drug-likeness (QED) is 0.268. The molecule has 33 heavy (non-hydrogen) atoms. The van der Waals surface area contributed by atoms with Gasteiger partial charge in [0.05, 0.1) is 23.0 Å². The van der Waals surface area contributed by atoms with Crippen LogP contribution in [-0.2, 0) is 22.2 Å². The first-order valence-electron chi connectivity index (χ1n) is 11.5. The summed E-state index contributed by atoms with van der Waals surface area (Å²) in [6.07, 6.45) is 1.74. The molecule has 0 aliphatic rings. The molecule has 0 aliphatic heterocycles. The summed E-state index contributed by atoms with van der Waals surface area (Å²) in [4.78, 5) is 17.1. The van der Waals surface area contributed by atoms with Gasteiger partial charge in [0.1, 0.15) is 0 Å². The van der Waals surface area contributed by atoms with Gasteiger partial charge in [-0.1, -0.05) is 65.4 Å². The van der Waals surface area contributed by atoms with Gasteiger partial charge in [0.2, 0.25) is 0 Å². The standard InChI is InChI=1S/C27H36N4OS/c1-9-31-23-13-11-10-12-22(23)29-25(31)33-17-24(32)30-28-16-19-14-20(26(3,4)5)18(2)21(15-19)27(6,7)8/h10-16H,9,17H2,1-8H3,(H,30,32). The van der Waals surface area contributed by atoms with Crippen LogP contribution < -0.4 is 5.43 Å². The Bertz CT molecular complexity index is 1140. The third-order valence-electron chi connectivity index (χ3n) is 5.72. The molecule has 0 fully saturated rings. The zero-order valence-corrected chi connectivity index (χ0v) is 21.9. The minimum Gasteiger partial charge on any atom is -0.319 e. The molecule has 3 aromatic rings. The second-order valence-corrected chi connectivity index (χ2v) is 11.4. The van der Waals surface area contributed by atoms with Crippen molar-refractivity contribution in [2.75, 3.05) is 5.75 Å². The smallest absolute Gasteiger partial charge is 0.250 e. The van der Waals surface area contributed by atoms with Crippen molar-refractivity contribution in [2.45, 2.75) is 77.9 Å². The number of fused-ring (bicyclic) bond motifs is 1. The number of hydrazone groups is 1. The predicted octanol–water partition coefficient (Wildman–Crippen LogP) is 6.20. The van der Waals surface area contributed by atoms with Crippen molar-refractivity contribution in [2.24, 2.45) is 5.10 Å². The molecule has 0 radical (unpaired) electrons. The highest BCUT2D eigenvalue weighted by atomic mass is 32.2. The summed E-state index contributed by atoms with van der Waals surface area (Å²) in [5, 5.41) is 5.10. The summed E-state index contributed by atoms with van der Waals surface area (Å²) in [7, 11) is 0. The van der Waals surface area contributed by atoms with Crippen molar-refractivity contribution in [1.29, 1.82) is 0 Å². The van der Waals surface area contributed by atoms with Crippen molar-refractivity contribution in [3.63, 3.8) is 0 Å². The first-order valence-corrected chi connectivity index (χ1v) is 12.5. The maximum absolute atomic E-state index is 12.4. The van der Waals surface area contributed by atoms with E-state index in [9.17, 15) is 4.79 Å². The van der Waals surface area contributed by atoms with E-state index in [1.165, 1.54) is 28.5 Å². The second-order valence-electron chi connectivity index (χ2n) is 10.5. The van der Waals surface area contributed by atoms with E-state index in [1.54, 1.807) is 6.21 Å². The van der Waals surface area contributed by atoms with E-state index >= 15 is 0 Å². The van der Waals surface area contributed by atoms with Gasteiger partial charge in [-0.3, -0.25) is 4.79 Å². The molecule has 0 aliphatic carbocycles. The lowest BCUT2D eigenvalue weighted by Gasteiger charge is -2.29. The molecule has 0 saturated carbocycles. The van der Waals surface area contributed by atoms with Gasteiger partial charge in [-0.05, 0) is 71.2 Å². The number of nitrogens with zero attached hydrogens (tertiary/aromatic N) is 3. The summed E-state index contributed by atoms with van der Waals surface area (Å²) in [6, 6.07) is 12.4. The number of hydrogen-bond donors (Lipinski definition) is 1. The third-order valence-corrected chi connectivity index (χ3v) is 6.69. The number of nitrogens with one attached hydrogen (secondary N) is 1. The van der Waals surface area contributed by atoms with Crippen molar-refractivity contribution < 1.29 is 4.79 Å². The maximum Gasteiger partial charge on any atom is 0.250 e. The fourth-order valence-corrected chi connectivity index (χ4v) is 5.05. The Balaban J connectivity index is 1.72. The van der Waals surface area contributed by atoms with E-state index in [0.717, 1.165) is 28.3 Å². The van der Waals surface area contributed by atoms with Crippen molar-refractivity contribution in [3.8, 4) is 0 Å². The molecule has 0 bridgehead atoms. The molecule has 0 unspecified atom stereocenters. The molecular formula is C27H36N4OS. The fourth-order valence-electron chi connectivity index (χ4n) is 4.18. The fraction of sp³-hybridized carbons (Fsp3) is 0.444. The van der Waals surface area contributed by atoms with E-state index in [1.807, 2.05) is 18.2 Å². The number of para-hydroxylation sites is 2. The van der Waals surface area contributed by atoms with Crippen molar-refractivity contribution >= 4 is 34.9 Å². The molecule has 0 atom stereocenters. The van der Waals surface area contributed by atoms with Crippen LogP contribution in [0, 0.1) is 6.92 Å². The average Bonchev–Trinajstić information content (AvgIpc) is 3.09. The lowest BCUT2D eigenvalue weighted by molar-refractivity contribution is -0.118. The highest BCUT2D eigenvalue weighted by Gasteiger charge is 2.24. The summed E-state index contributed by atoms with van der Waals surface area (Å²) in [5.74, 6) is 0.111. The highest BCUT2D eigenvalue weighted by Crippen LogP contribution is 2.34. The first kappa shape index (κ1) is 25.0. The van der Waals surface area contributed by atoms with Gasteiger partial charge >= 0.3 is 0 Å². The number of rotatable bonds is 6. The number of amides is 1. The van der Waals surface area contributed by atoms with Crippen LogP contribution in [0.5, 0.6) is 0 Å². The lowest BCUT2D eigenvalue weighted by atomic mass is 9.76. The number of aryl methyl sites for hydroxylation is 1. The van der Waals surface area contributed by atoms with Gasteiger partial charge in [0.15, 0.2) is 5.16 Å². The largest absolute Gasteiger partial charge is 0.319 e. The van der Waals surface area contributed by atoms with Crippen LogP contribution in [0.1, 0.15) is 70.7 Å². The normalized spacial score (nSPS) is 12.6. The van der Waals surface area contributed by atoms with Crippen molar-refractivity contribution in [3.05, 3.63) is 58.7 Å². The second kappa shape index (κ2) is 9.72. The number of thioether (sulfide) groups is 1. The molecule has 1 amide bonds. The Kier molecular flexibility index (Phi) is 7.37. The van der Waals surface area contributed by atoms with Gasteiger partial charge in [0.25, 0.3) is 5.91 Å². The van der Waals surface area contributed by atoms with Gasteiger partial charge in [-0.15, -0.1) is 0 Å². The zero-order valence-electron chi connectivity index (χ0n) is 21.1. The molecule has 6 heteroatoms. The van der Waals surface area contributed by atoms with Crippen LogP contribution in [0.15, 0.2) is 46.7 Å². The van der Waals surface area contributed by atoms with Crippen LogP contribution >= 0.6 is 11.8 Å². The van der Waals surface area contributed by atoms with E-state index in [-0.39, 0.29) is 22.5 Å². The SMILES string of the molecule is CCn1c(SCC(=O)NN=Cc2cc(C(C)(C)C)c(C)c(C(C)(C)C)c2)nc2ccccc21. The predicted molar refractivity (Wildman–Crippen MR) is 140 cm³/mol. The molecule has 0 saturated heterocycles. The van der Waals surface area contributed by atoms with Crippen LogP contribution in [0.4, 0.5) is 0 Å². The summed E-state index contributed by atoms with van der Waals surface area (Å²) >= 11 is 1.43. The minimum atomic E-state index is -0.148. The maximum atomic E-state index is 12.4. The molecule has 1 aromatic heterocycles. The number of benzene rings is 2. The van der Waals surface area contributed by atoms with E-state index < -0.39 is 0 Å². The number of imidazole rings is 1. The van der Waals surface area contributed by atoms with Gasteiger partial charge in [0, 0.05) is 6.54 Å². The third kappa shape index (κ3) is 5.85. The topological polar surface area (TPSA) is 59.3 Å². The van der Waals surface area contributed by atoms with Gasteiger partial charge < -0.3 is 4.57 Å². The Morgan fingerprint density at radius 3 is 2.27 bits per heavy atom. The molecular weight excluding hydrogens is 428 g/mol. The Morgan fingerprint density at radius 1 is 1.09 bits per heavy atom. The molecule has 1 N–H and O–H groups in total. The zero-order chi connectivity index (χ0) is 24.4. The van der Waals surface area contributed by atoms with Gasteiger partial charge in [-0.2, -0.15) is 5.10 Å². The van der Waals surface area contributed by atoms with Crippen LogP contribution in [0.25, 0.3) is 11.0 Å². The number of carbonyl (C=O) groups is 1. The monoisotopic (exact) mass is 464 g/mol. The lowest BCUT2D eigenvalue weighted by Crippen LogP contribution is -2.21. The van der Waals surface area contributed by atoms with Crippen LogP contribution in [0.2, 0.25) is 0 Å². The first-order chi connectivity index (χ1) is 15.4.